The molecule has 0 atom stereocenters. The molecular weight excluding hydrogens is 359 g/mol. The highest BCUT2D eigenvalue weighted by Crippen LogP contribution is 2.32. The highest BCUT2D eigenvalue weighted by Gasteiger charge is 2.30. The molecule has 2 aromatic heterocycles. The number of pyridine rings is 1. The first-order valence-corrected chi connectivity index (χ1v) is 7.86. The maximum atomic E-state index is 12.8. The summed E-state index contributed by atoms with van der Waals surface area (Å²) in [4.78, 5) is 15.9. The molecular formula is C19H14F3N3O2. The maximum Gasteiger partial charge on any atom is 0.416 e. The third kappa shape index (κ3) is 4.60. The number of furan rings is 1. The second kappa shape index (κ2) is 7.45. The molecule has 1 N–H and O–H groups in total. The van der Waals surface area contributed by atoms with Crippen LogP contribution in [0.1, 0.15) is 27.4 Å². The standard InChI is InChI=1S/C19H14F3N3O2/c1-12-5-6-14(10-23-12)18(26)25-24-11-16-7-8-17(27-16)13-3-2-4-15(9-13)19(20,21)22/h2-11H,1H3,(H,25,26)/b24-11+. The highest BCUT2D eigenvalue weighted by atomic mass is 19.4. The fourth-order valence-corrected chi connectivity index (χ4v) is 2.25. The van der Waals surface area contributed by atoms with Gasteiger partial charge >= 0.3 is 6.18 Å². The molecule has 0 aliphatic carbocycles. The molecule has 5 nitrogen and oxygen atoms in total. The van der Waals surface area contributed by atoms with Crippen LogP contribution in [0.25, 0.3) is 11.3 Å². The van der Waals surface area contributed by atoms with Gasteiger partial charge < -0.3 is 4.42 Å². The molecule has 0 saturated carbocycles. The van der Waals surface area contributed by atoms with Crippen LogP contribution < -0.4 is 5.43 Å². The van der Waals surface area contributed by atoms with E-state index in [1.807, 2.05) is 0 Å². The number of halogens is 3. The number of aromatic nitrogens is 1. The third-order valence-electron chi connectivity index (χ3n) is 3.63. The Bertz CT molecular complexity index is 976. The van der Waals surface area contributed by atoms with Gasteiger partial charge in [0.25, 0.3) is 5.91 Å². The van der Waals surface area contributed by atoms with Gasteiger partial charge in [0.05, 0.1) is 17.3 Å². The lowest BCUT2D eigenvalue weighted by molar-refractivity contribution is -0.137. The van der Waals surface area contributed by atoms with E-state index in [2.05, 4.69) is 15.5 Å². The SMILES string of the molecule is Cc1ccc(C(=O)N/N=C/c2ccc(-c3cccc(C(F)(F)F)c3)o2)cn1. The van der Waals surface area contributed by atoms with Crippen molar-refractivity contribution in [3.63, 3.8) is 0 Å². The fraction of sp³-hybridized carbons (Fsp3) is 0.105. The monoisotopic (exact) mass is 373 g/mol. The minimum Gasteiger partial charge on any atom is -0.455 e. The van der Waals surface area contributed by atoms with Crippen LogP contribution in [0.3, 0.4) is 0 Å². The minimum absolute atomic E-state index is 0.261. The molecule has 138 valence electrons. The van der Waals surface area contributed by atoms with E-state index < -0.39 is 17.6 Å². The summed E-state index contributed by atoms with van der Waals surface area (Å²) in [5.41, 5.74) is 2.99. The van der Waals surface area contributed by atoms with E-state index in [-0.39, 0.29) is 11.5 Å². The lowest BCUT2D eigenvalue weighted by atomic mass is 10.1. The van der Waals surface area contributed by atoms with Crippen molar-refractivity contribution in [2.45, 2.75) is 13.1 Å². The number of alkyl halides is 3. The Morgan fingerprint density at radius 2 is 2.00 bits per heavy atom. The molecule has 8 heteroatoms. The number of nitrogens with one attached hydrogen (secondary N) is 1. The normalized spacial score (nSPS) is 11.7. The molecule has 0 unspecified atom stereocenters. The Morgan fingerprint density at radius 1 is 1.19 bits per heavy atom. The van der Waals surface area contributed by atoms with E-state index in [0.29, 0.717) is 11.1 Å². The Morgan fingerprint density at radius 3 is 2.70 bits per heavy atom. The summed E-state index contributed by atoms with van der Waals surface area (Å²) in [7, 11) is 0. The topological polar surface area (TPSA) is 67.5 Å². The molecule has 0 fully saturated rings. The van der Waals surface area contributed by atoms with Gasteiger partial charge in [0, 0.05) is 17.5 Å². The largest absolute Gasteiger partial charge is 0.455 e. The van der Waals surface area contributed by atoms with Gasteiger partial charge in [-0.2, -0.15) is 18.3 Å². The van der Waals surface area contributed by atoms with E-state index in [0.717, 1.165) is 17.8 Å². The number of benzene rings is 1. The Labute approximate surface area is 152 Å². The van der Waals surface area contributed by atoms with Crippen LogP contribution >= 0.6 is 0 Å². The van der Waals surface area contributed by atoms with Crippen molar-refractivity contribution in [3.05, 3.63) is 77.3 Å². The smallest absolute Gasteiger partial charge is 0.416 e. The molecule has 3 rings (SSSR count). The van der Waals surface area contributed by atoms with E-state index >= 15 is 0 Å². The van der Waals surface area contributed by atoms with Crippen molar-refractivity contribution in [3.8, 4) is 11.3 Å². The van der Waals surface area contributed by atoms with E-state index in [1.54, 1.807) is 25.1 Å². The van der Waals surface area contributed by atoms with Crippen LogP contribution in [0.15, 0.2) is 64.2 Å². The van der Waals surface area contributed by atoms with E-state index in [4.69, 9.17) is 4.42 Å². The van der Waals surface area contributed by atoms with Gasteiger partial charge in [0.15, 0.2) is 0 Å². The number of rotatable bonds is 4. The Balaban J connectivity index is 1.68. The molecule has 2 heterocycles. The lowest BCUT2D eigenvalue weighted by Crippen LogP contribution is -2.17. The van der Waals surface area contributed by atoms with Gasteiger partial charge in [-0.05, 0) is 43.3 Å². The molecule has 0 aliphatic heterocycles. The summed E-state index contributed by atoms with van der Waals surface area (Å²) in [6, 6.07) is 11.2. The zero-order chi connectivity index (χ0) is 19.4. The average Bonchev–Trinajstić information content (AvgIpc) is 3.10. The van der Waals surface area contributed by atoms with Gasteiger partial charge in [-0.1, -0.05) is 12.1 Å². The first-order chi connectivity index (χ1) is 12.8. The average molecular weight is 373 g/mol. The maximum absolute atomic E-state index is 12.8. The van der Waals surface area contributed by atoms with Crippen molar-refractivity contribution in [2.75, 3.05) is 0 Å². The number of hydrogen-bond acceptors (Lipinski definition) is 4. The molecule has 3 aromatic rings. The lowest BCUT2D eigenvalue weighted by Gasteiger charge is -2.07. The van der Waals surface area contributed by atoms with E-state index in [9.17, 15) is 18.0 Å². The summed E-state index contributed by atoms with van der Waals surface area (Å²) < 4.78 is 43.9. The summed E-state index contributed by atoms with van der Waals surface area (Å²) in [6.45, 7) is 1.80. The van der Waals surface area contributed by atoms with Crippen LogP contribution in [-0.4, -0.2) is 17.1 Å². The summed E-state index contributed by atoms with van der Waals surface area (Å²) in [5.74, 6) is 0.102. The number of nitrogens with zero attached hydrogens (tertiary/aromatic N) is 2. The zero-order valence-corrected chi connectivity index (χ0v) is 14.1. The second-order valence-corrected chi connectivity index (χ2v) is 5.67. The van der Waals surface area contributed by atoms with Crippen molar-refractivity contribution >= 4 is 12.1 Å². The fourth-order valence-electron chi connectivity index (χ4n) is 2.25. The molecule has 1 aromatic carbocycles. The molecule has 0 radical (unpaired) electrons. The molecule has 0 saturated heterocycles. The van der Waals surface area contributed by atoms with Crippen LogP contribution in [-0.2, 0) is 6.18 Å². The van der Waals surface area contributed by atoms with Gasteiger partial charge in [-0.25, -0.2) is 5.43 Å². The molecule has 0 aliphatic rings. The number of hydrazone groups is 1. The number of carbonyl (C=O) groups is 1. The van der Waals surface area contributed by atoms with Gasteiger partial charge in [-0.15, -0.1) is 0 Å². The van der Waals surface area contributed by atoms with Crippen molar-refractivity contribution in [1.82, 2.24) is 10.4 Å². The number of carbonyl (C=O) groups excluding carboxylic acids is 1. The molecule has 0 bridgehead atoms. The number of aryl methyl sites for hydroxylation is 1. The quantitative estimate of drug-likeness (QED) is 0.543. The number of amides is 1. The van der Waals surface area contributed by atoms with Gasteiger partial charge in [-0.3, -0.25) is 9.78 Å². The zero-order valence-electron chi connectivity index (χ0n) is 14.1. The van der Waals surface area contributed by atoms with Gasteiger partial charge in [0.2, 0.25) is 0 Å². The molecule has 0 spiro atoms. The number of hydrogen-bond donors (Lipinski definition) is 1. The van der Waals surface area contributed by atoms with Crippen LogP contribution in [0, 0.1) is 6.92 Å². The third-order valence-corrected chi connectivity index (χ3v) is 3.63. The molecule has 1 amide bonds. The van der Waals surface area contributed by atoms with E-state index in [1.165, 1.54) is 30.6 Å². The Hall–Kier alpha value is -3.42. The van der Waals surface area contributed by atoms with Crippen LogP contribution in [0.2, 0.25) is 0 Å². The van der Waals surface area contributed by atoms with Gasteiger partial charge in [0.1, 0.15) is 11.5 Å². The highest BCUT2D eigenvalue weighted by molar-refractivity contribution is 5.94. The van der Waals surface area contributed by atoms with Crippen molar-refractivity contribution < 1.29 is 22.4 Å². The minimum atomic E-state index is -4.43. The summed E-state index contributed by atoms with van der Waals surface area (Å²) >= 11 is 0. The van der Waals surface area contributed by atoms with Crippen LogP contribution in [0.5, 0.6) is 0 Å². The van der Waals surface area contributed by atoms with Crippen LogP contribution in [0.4, 0.5) is 13.2 Å². The first-order valence-electron chi connectivity index (χ1n) is 7.86. The predicted octanol–water partition coefficient (Wildman–Crippen LogP) is 4.43. The predicted molar refractivity (Wildman–Crippen MR) is 93.2 cm³/mol. The van der Waals surface area contributed by atoms with Crippen molar-refractivity contribution in [1.29, 1.82) is 0 Å². The first kappa shape index (κ1) is 18.4. The van der Waals surface area contributed by atoms with Crippen molar-refractivity contribution in [2.24, 2.45) is 5.10 Å². The second-order valence-electron chi connectivity index (χ2n) is 5.67. The molecule has 27 heavy (non-hydrogen) atoms. The Kier molecular flexibility index (Phi) is 5.07. The summed E-state index contributed by atoms with van der Waals surface area (Å²) in [6.07, 6.45) is -1.74. The summed E-state index contributed by atoms with van der Waals surface area (Å²) in [5, 5.41) is 3.78.